The number of aromatic amines is 1. The second-order valence-electron chi connectivity index (χ2n) is 6.43. The molecule has 0 aliphatic rings. The molecule has 0 radical (unpaired) electrons. The molecule has 1 amide bonds. The van der Waals surface area contributed by atoms with Crippen LogP contribution in [0.15, 0.2) is 53.3 Å². The number of rotatable bonds is 8. The van der Waals surface area contributed by atoms with Crippen LogP contribution in [0.5, 0.6) is 11.5 Å². The minimum Gasteiger partial charge on any atom is -0.497 e. The second kappa shape index (κ2) is 9.08. The molecule has 2 aromatic carbocycles. The van der Waals surface area contributed by atoms with Gasteiger partial charge in [-0.1, -0.05) is 12.1 Å². The molecule has 1 aromatic heterocycles. The molecule has 1 heterocycles. The minimum atomic E-state index is -0.140. The van der Waals surface area contributed by atoms with E-state index in [9.17, 15) is 9.59 Å². The van der Waals surface area contributed by atoms with E-state index in [1.807, 2.05) is 49.4 Å². The van der Waals surface area contributed by atoms with Gasteiger partial charge < -0.3 is 19.8 Å². The Morgan fingerprint density at radius 1 is 1.07 bits per heavy atom. The molecule has 0 saturated heterocycles. The summed E-state index contributed by atoms with van der Waals surface area (Å²) in [6.45, 7) is 2.94. The normalized spacial score (nSPS) is 10.6. The van der Waals surface area contributed by atoms with E-state index in [0.717, 1.165) is 28.0 Å². The van der Waals surface area contributed by atoms with E-state index >= 15 is 0 Å². The molecule has 6 heteroatoms. The molecular weight excluding hydrogens is 356 g/mol. The van der Waals surface area contributed by atoms with Crippen molar-refractivity contribution < 1.29 is 14.3 Å². The molecule has 0 bridgehead atoms. The van der Waals surface area contributed by atoms with Crippen LogP contribution < -0.4 is 20.3 Å². The van der Waals surface area contributed by atoms with Gasteiger partial charge in [0.15, 0.2) is 0 Å². The zero-order chi connectivity index (χ0) is 19.9. The Bertz CT molecular complexity index is 1010. The maximum absolute atomic E-state index is 12.2. The number of hydrogen-bond donors (Lipinski definition) is 2. The van der Waals surface area contributed by atoms with Gasteiger partial charge in [-0.15, -0.1) is 0 Å². The highest BCUT2D eigenvalue weighted by Crippen LogP contribution is 2.18. The van der Waals surface area contributed by atoms with Gasteiger partial charge in [-0.05, 0) is 55.3 Å². The molecule has 0 spiro atoms. The van der Waals surface area contributed by atoms with Gasteiger partial charge in [-0.3, -0.25) is 9.59 Å². The summed E-state index contributed by atoms with van der Waals surface area (Å²) in [5.74, 6) is 1.44. The van der Waals surface area contributed by atoms with Crippen LogP contribution in [0.4, 0.5) is 0 Å². The van der Waals surface area contributed by atoms with Crippen molar-refractivity contribution in [2.24, 2.45) is 0 Å². The Kier molecular flexibility index (Phi) is 6.32. The van der Waals surface area contributed by atoms with Crippen molar-refractivity contribution in [3.63, 3.8) is 0 Å². The molecule has 0 unspecified atom stereocenters. The van der Waals surface area contributed by atoms with Gasteiger partial charge >= 0.3 is 0 Å². The summed E-state index contributed by atoms with van der Waals surface area (Å²) in [4.78, 5) is 27.2. The molecule has 0 fully saturated rings. The summed E-state index contributed by atoms with van der Waals surface area (Å²) in [5.41, 5.74) is 2.16. The highest BCUT2D eigenvalue weighted by Gasteiger charge is 2.07. The monoisotopic (exact) mass is 380 g/mol. The number of methoxy groups -OCH3 is 1. The zero-order valence-corrected chi connectivity index (χ0v) is 16.1. The summed E-state index contributed by atoms with van der Waals surface area (Å²) in [7, 11) is 1.60. The average molecular weight is 380 g/mol. The van der Waals surface area contributed by atoms with E-state index in [0.29, 0.717) is 25.1 Å². The number of carbonyl (C=O) groups excluding carboxylic acids is 1. The summed E-state index contributed by atoms with van der Waals surface area (Å²) < 4.78 is 10.6. The average Bonchev–Trinajstić information content (AvgIpc) is 2.69. The Morgan fingerprint density at radius 3 is 2.54 bits per heavy atom. The summed E-state index contributed by atoms with van der Waals surface area (Å²) >= 11 is 0. The third-order valence-electron chi connectivity index (χ3n) is 4.44. The zero-order valence-electron chi connectivity index (χ0n) is 16.1. The SMILES string of the molecule is CCOc1ccc(CC(=O)NCCc2cc3cc(OC)ccc3[nH]c2=O)cc1. The molecule has 28 heavy (non-hydrogen) atoms. The van der Waals surface area contributed by atoms with Gasteiger partial charge in [0.25, 0.3) is 5.56 Å². The lowest BCUT2D eigenvalue weighted by Gasteiger charge is -2.08. The molecule has 3 rings (SSSR count). The molecular formula is C22H24N2O4. The van der Waals surface area contributed by atoms with Gasteiger partial charge in [-0.25, -0.2) is 0 Å². The van der Waals surface area contributed by atoms with Crippen molar-refractivity contribution in [3.05, 3.63) is 70.0 Å². The summed E-state index contributed by atoms with van der Waals surface area (Å²) in [6.07, 6.45) is 0.745. The fourth-order valence-corrected chi connectivity index (χ4v) is 3.00. The van der Waals surface area contributed by atoms with Crippen molar-refractivity contribution in [1.29, 1.82) is 0 Å². The third kappa shape index (κ3) is 4.91. The lowest BCUT2D eigenvalue weighted by Crippen LogP contribution is -2.28. The molecule has 0 saturated carbocycles. The Morgan fingerprint density at radius 2 is 1.82 bits per heavy atom. The van der Waals surface area contributed by atoms with Crippen LogP contribution in [0.25, 0.3) is 10.9 Å². The van der Waals surface area contributed by atoms with Crippen LogP contribution in [-0.4, -0.2) is 31.2 Å². The molecule has 0 aliphatic carbocycles. The van der Waals surface area contributed by atoms with Crippen LogP contribution in [0, 0.1) is 0 Å². The van der Waals surface area contributed by atoms with Gasteiger partial charge in [-0.2, -0.15) is 0 Å². The number of amides is 1. The Hall–Kier alpha value is -3.28. The third-order valence-corrected chi connectivity index (χ3v) is 4.44. The lowest BCUT2D eigenvalue weighted by molar-refractivity contribution is -0.120. The van der Waals surface area contributed by atoms with E-state index in [1.54, 1.807) is 13.2 Å². The number of aromatic nitrogens is 1. The van der Waals surface area contributed by atoms with E-state index in [2.05, 4.69) is 10.3 Å². The Labute approximate surface area is 163 Å². The number of benzene rings is 2. The van der Waals surface area contributed by atoms with Crippen LogP contribution >= 0.6 is 0 Å². The van der Waals surface area contributed by atoms with Crippen molar-refractivity contribution in [3.8, 4) is 11.5 Å². The quantitative estimate of drug-likeness (QED) is 0.630. The molecule has 6 nitrogen and oxygen atoms in total. The number of fused-ring (bicyclic) bond motifs is 1. The van der Waals surface area contributed by atoms with E-state index in [4.69, 9.17) is 9.47 Å². The van der Waals surface area contributed by atoms with E-state index in [-0.39, 0.29) is 17.9 Å². The number of H-pyrrole nitrogens is 1. The first-order valence-electron chi connectivity index (χ1n) is 9.27. The Balaban J connectivity index is 1.57. The maximum Gasteiger partial charge on any atom is 0.251 e. The largest absolute Gasteiger partial charge is 0.497 e. The van der Waals surface area contributed by atoms with Crippen LogP contribution in [0.2, 0.25) is 0 Å². The van der Waals surface area contributed by atoms with Crippen molar-refractivity contribution in [2.75, 3.05) is 20.3 Å². The fraction of sp³-hybridized carbons (Fsp3) is 0.273. The summed E-state index contributed by atoms with van der Waals surface area (Å²) in [6, 6.07) is 14.8. The topological polar surface area (TPSA) is 80.4 Å². The number of nitrogens with one attached hydrogen (secondary N) is 2. The summed E-state index contributed by atoms with van der Waals surface area (Å²) in [5, 5.41) is 3.77. The first kappa shape index (κ1) is 19.5. The first-order chi connectivity index (χ1) is 13.6. The smallest absolute Gasteiger partial charge is 0.251 e. The predicted octanol–water partition coefficient (Wildman–Crippen LogP) is 2.84. The number of hydrogen-bond acceptors (Lipinski definition) is 4. The van der Waals surface area contributed by atoms with Gasteiger partial charge in [0.1, 0.15) is 11.5 Å². The second-order valence-corrected chi connectivity index (χ2v) is 6.43. The highest BCUT2D eigenvalue weighted by molar-refractivity contribution is 5.81. The molecule has 0 aliphatic heterocycles. The molecule has 0 atom stereocenters. The molecule has 3 aromatic rings. The van der Waals surface area contributed by atoms with E-state index in [1.165, 1.54) is 0 Å². The van der Waals surface area contributed by atoms with Crippen molar-refractivity contribution in [1.82, 2.24) is 10.3 Å². The standard InChI is InChI=1S/C22H24N2O4/c1-3-28-18-6-4-15(5-7-18)12-21(25)23-11-10-16-13-17-14-19(27-2)8-9-20(17)24-22(16)26/h4-9,13-14H,3,10-12H2,1-2H3,(H,23,25)(H,24,26). The first-order valence-corrected chi connectivity index (χ1v) is 9.27. The van der Waals surface area contributed by atoms with Gasteiger partial charge in [0, 0.05) is 23.0 Å². The minimum absolute atomic E-state index is 0.0805. The highest BCUT2D eigenvalue weighted by atomic mass is 16.5. The lowest BCUT2D eigenvalue weighted by atomic mass is 10.1. The number of ether oxygens (including phenoxy) is 2. The molecule has 146 valence electrons. The van der Waals surface area contributed by atoms with Gasteiger partial charge in [0.2, 0.25) is 5.91 Å². The number of carbonyl (C=O) groups is 1. The van der Waals surface area contributed by atoms with Gasteiger partial charge in [0.05, 0.1) is 20.1 Å². The van der Waals surface area contributed by atoms with Crippen LogP contribution in [0.3, 0.4) is 0 Å². The van der Waals surface area contributed by atoms with Crippen molar-refractivity contribution in [2.45, 2.75) is 19.8 Å². The fourth-order valence-electron chi connectivity index (χ4n) is 3.00. The maximum atomic E-state index is 12.2. The van der Waals surface area contributed by atoms with Crippen molar-refractivity contribution >= 4 is 16.8 Å². The predicted molar refractivity (Wildman–Crippen MR) is 109 cm³/mol. The van der Waals surface area contributed by atoms with E-state index < -0.39 is 0 Å². The van der Waals surface area contributed by atoms with Crippen LogP contribution in [-0.2, 0) is 17.6 Å². The molecule has 2 N–H and O–H groups in total. The van der Waals surface area contributed by atoms with Crippen LogP contribution in [0.1, 0.15) is 18.1 Å². The number of pyridine rings is 1.